The summed E-state index contributed by atoms with van der Waals surface area (Å²) in [7, 11) is 0. The van der Waals surface area contributed by atoms with Gasteiger partial charge in [-0.3, -0.25) is 9.78 Å². The topological polar surface area (TPSA) is 68.2 Å². The van der Waals surface area contributed by atoms with Crippen molar-refractivity contribution in [3.63, 3.8) is 0 Å². The lowest BCUT2D eigenvalue weighted by Gasteiger charge is -2.32. The number of aryl methyl sites for hydroxylation is 1. The van der Waals surface area contributed by atoms with Gasteiger partial charge in [-0.1, -0.05) is 0 Å². The molecule has 1 fully saturated rings. The van der Waals surface area contributed by atoms with E-state index in [-0.39, 0.29) is 12.0 Å². The highest BCUT2D eigenvalue weighted by Crippen LogP contribution is 2.20. The molecule has 1 atom stereocenters. The number of amides is 1. The maximum atomic E-state index is 12.5. The van der Waals surface area contributed by atoms with Gasteiger partial charge in [-0.15, -0.1) is 11.3 Å². The van der Waals surface area contributed by atoms with Crippen molar-refractivity contribution < 1.29 is 9.53 Å². The quantitative estimate of drug-likeness (QED) is 0.866. The molecule has 21 heavy (non-hydrogen) atoms. The Labute approximate surface area is 126 Å². The summed E-state index contributed by atoms with van der Waals surface area (Å²) >= 11 is 1.39. The van der Waals surface area contributed by atoms with Gasteiger partial charge in [0, 0.05) is 18.9 Å². The molecule has 2 aromatic heterocycles. The molecule has 1 aliphatic heterocycles. The van der Waals surface area contributed by atoms with E-state index in [1.165, 1.54) is 11.3 Å². The third-order valence-electron chi connectivity index (χ3n) is 3.43. The van der Waals surface area contributed by atoms with Crippen LogP contribution in [0.3, 0.4) is 0 Å². The standard InChI is InChI=1S/C14H16N4O2S/c1-10-13(21-9-17-10)14(19)18-6-2-3-11(8-18)20-12-7-15-4-5-16-12/h4-5,7,9,11H,2-3,6,8H2,1H3/t11-/m0/s1. The lowest BCUT2D eigenvalue weighted by molar-refractivity contribution is 0.0530. The SMILES string of the molecule is Cc1ncsc1C(=O)N1CCC[C@H](Oc2cnccn2)C1. The number of hydrogen-bond acceptors (Lipinski definition) is 6. The van der Waals surface area contributed by atoms with Gasteiger partial charge < -0.3 is 9.64 Å². The van der Waals surface area contributed by atoms with Gasteiger partial charge in [0.05, 0.1) is 23.9 Å². The molecule has 1 aliphatic rings. The molecule has 0 saturated carbocycles. The summed E-state index contributed by atoms with van der Waals surface area (Å²) in [4.78, 5) is 27.3. The van der Waals surface area contributed by atoms with Gasteiger partial charge in [0.15, 0.2) is 0 Å². The normalized spacial score (nSPS) is 18.5. The molecule has 3 rings (SSSR count). The van der Waals surface area contributed by atoms with E-state index in [4.69, 9.17) is 4.74 Å². The first kappa shape index (κ1) is 13.9. The van der Waals surface area contributed by atoms with Crippen molar-refractivity contribution in [2.24, 2.45) is 0 Å². The van der Waals surface area contributed by atoms with Crippen LogP contribution in [0.5, 0.6) is 5.88 Å². The first-order valence-electron chi connectivity index (χ1n) is 6.86. The second kappa shape index (κ2) is 6.17. The summed E-state index contributed by atoms with van der Waals surface area (Å²) in [5, 5.41) is 0. The Balaban J connectivity index is 1.66. The minimum absolute atomic E-state index is 0.0346. The van der Waals surface area contributed by atoms with Crippen LogP contribution in [0.1, 0.15) is 28.2 Å². The summed E-state index contributed by atoms with van der Waals surface area (Å²) in [6.07, 6.45) is 6.61. The highest BCUT2D eigenvalue weighted by molar-refractivity contribution is 7.11. The summed E-state index contributed by atoms with van der Waals surface area (Å²) in [6.45, 7) is 3.20. The van der Waals surface area contributed by atoms with Gasteiger partial charge in [-0.25, -0.2) is 9.97 Å². The van der Waals surface area contributed by atoms with Crippen LogP contribution in [-0.2, 0) is 0 Å². The Kier molecular flexibility index (Phi) is 4.10. The van der Waals surface area contributed by atoms with Crippen LogP contribution in [0.2, 0.25) is 0 Å². The number of nitrogens with zero attached hydrogens (tertiary/aromatic N) is 4. The van der Waals surface area contributed by atoms with E-state index in [0.717, 1.165) is 30.0 Å². The van der Waals surface area contributed by atoms with E-state index < -0.39 is 0 Å². The zero-order valence-electron chi connectivity index (χ0n) is 11.7. The third kappa shape index (κ3) is 3.18. The van der Waals surface area contributed by atoms with Crippen LogP contribution in [0.25, 0.3) is 0 Å². The van der Waals surface area contributed by atoms with Gasteiger partial charge >= 0.3 is 0 Å². The zero-order chi connectivity index (χ0) is 14.7. The Morgan fingerprint density at radius 2 is 2.33 bits per heavy atom. The number of rotatable bonds is 3. The number of likely N-dealkylation sites (tertiary alicyclic amines) is 1. The molecule has 1 saturated heterocycles. The Morgan fingerprint density at radius 1 is 1.43 bits per heavy atom. The predicted octanol–water partition coefficient (Wildman–Crippen LogP) is 1.93. The van der Waals surface area contributed by atoms with Crippen LogP contribution in [0.15, 0.2) is 24.1 Å². The summed E-state index contributed by atoms with van der Waals surface area (Å²) in [5.74, 6) is 0.549. The van der Waals surface area contributed by atoms with Crippen LogP contribution < -0.4 is 4.74 Å². The molecule has 110 valence electrons. The van der Waals surface area contributed by atoms with Crippen molar-refractivity contribution in [2.45, 2.75) is 25.9 Å². The lowest BCUT2D eigenvalue weighted by Crippen LogP contribution is -2.44. The summed E-state index contributed by atoms with van der Waals surface area (Å²) in [5.41, 5.74) is 2.50. The van der Waals surface area contributed by atoms with Crippen LogP contribution >= 0.6 is 11.3 Å². The highest BCUT2D eigenvalue weighted by atomic mass is 32.1. The molecule has 7 heteroatoms. The number of hydrogen-bond donors (Lipinski definition) is 0. The molecule has 0 bridgehead atoms. The highest BCUT2D eigenvalue weighted by Gasteiger charge is 2.27. The van der Waals surface area contributed by atoms with Crippen molar-refractivity contribution in [1.29, 1.82) is 0 Å². The van der Waals surface area contributed by atoms with Crippen LogP contribution in [0.4, 0.5) is 0 Å². The second-order valence-electron chi connectivity index (χ2n) is 4.94. The van der Waals surface area contributed by atoms with E-state index in [1.807, 2.05) is 11.8 Å². The maximum absolute atomic E-state index is 12.5. The van der Waals surface area contributed by atoms with Crippen molar-refractivity contribution in [3.8, 4) is 5.88 Å². The molecule has 0 N–H and O–H groups in total. The fourth-order valence-electron chi connectivity index (χ4n) is 2.39. The molecule has 2 aromatic rings. The van der Waals surface area contributed by atoms with E-state index in [1.54, 1.807) is 24.1 Å². The van der Waals surface area contributed by atoms with Gasteiger partial charge in [0.1, 0.15) is 11.0 Å². The summed E-state index contributed by atoms with van der Waals surface area (Å²) < 4.78 is 5.80. The van der Waals surface area contributed by atoms with Crippen LogP contribution in [0, 0.1) is 6.92 Å². The Morgan fingerprint density at radius 3 is 3.05 bits per heavy atom. The smallest absolute Gasteiger partial charge is 0.265 e. The van der Waals surface area contributed by atoms with Crippen molar-refractivity contribution >= 4 is 17.2 Å². The molecular weight excluding hydrogens is 288 g/mol. The summed E-state index contributed by atoms with van der Waals surface area (Å²) in [6, 6.07) is 0. The molecule has 0 radical (unpaired) electrons. The van der Waals surface area contributed by atoms with Gasteiger partial charge in [0.2, 0.25) is 5.88 Å². The van der Waals surface area contributed by atoms with E-state index >= 15 is 0 Å². The molecule has 3 heterocycles. The number of piperidine rings is 1. The van der Waals surface area contributed by atoms with Gasteiger partial charge in [0.25, 0.3) is 5.91 Å². The predicted molar refractivity (Wildman–Crippen MR) is 78.4 cm³/mol. The molecule has 0 aromatic carbocycles. The minimum Gasteiger partial charge on any atom is -0.471 e. The molecule has 6 nitrogen and oxygen atoms in total. The maximum Gasteiger partial charge on any atom is 0.265 e. The fraction of sp³-hybridized carbons (Fsp3) is 0.429. The number of thiazole rings is 1. The molecule has 0 aliphatic carbocycles. The van der Waals surface area contributed by atoms with Crippen molar-refractivity contribution in [1.82, 2.24) is 19.9 Å². The molecular formula is C14H16N4O2S. The largest absolute Gasteiger partial charge is 0.471 e. The Bertz CT molecular complexity index is 616. The number of carbonyl (C=O) groups excluding carboxylic acids is 1. The first-order valence-corrected chi connectivity index (χ1v) is 7.74. The molecule has 1 amide bonds. The van der Waals surface area contributed by atoms with Crippen molar-refractivity contribution in [3.05, 3.63) is 34.7 Å². The molecule has 0 unspecified atom stereocenters. The van der Waals surface area contributed by atoms with E-state index in [0.29, 0.717) is 12.4 Å². The number of carbonyl (C=O) groups is 1. The molecule has 0 spiro atoms. The van der Waals surface area contributed by atoms with Gasteiger partial charge in [-0.2, -0.15) is 0 Å². The minimum atomic E-state index is -0.0346. The van der Waals surface area contributed by atoms with Gasteiger partial charge in [-0.05, 0) is 19.8 Å². The number of ether oxygens (including phenoxy) is 1. The van der Waals surface area contributed by atoms with Crippen LogP contribution in [-0.4, -0.2) is 45.0 Å². The van der Waals surface area contributed by atoms with Crippen molar-refractivity contribution in [2.75, 3.05) is 13.1 Å². The third-order valence-corrected chi connectivity index (χ3v) is 4.35. The Hall–Kier alpha value is -2.02. The second-order valence-corrected chi connectivity index (χ2v) is 5.80. The fourth-order valence-corrected chi connectivity index (χ4v) is 3.16. The average Bonchev–Trinajstić information content (AvgIpc) is 2.94. The monoisotopic (exact) mass is 304 g/mol. The number of aromatic nitrogens is 3. The lowest BCUT2D eigenvalue weighted by atomic mass is 10.1. The first-order chi connectivity index (χ1) is 10.2. The van der Waals surface area contributed by atoms with E-state index in [2.05, 4.69) is 15.0 Å². The zero-order valence-corrected chi connectivity index (χ0v) is 12.5. The average molecular weight is 304 g/mol. The van der Waals surface area contributed by atoms with E-state index in [9.17, 15) is 4.79 Å².